The van der Waals surface area contributed by atoms with Gasteiger partial charge in [0.1, 0.15) is 12.1 Å². The van der Waals surface area contributed by atoms with Crippen molar-refractivity contribution in [2.45, 2.75) is 126 Å². The zero-order chi connectivity index (χ0) is 44.4. The van der Waals surface area contributed by atoms with Crippen LogP contribution >= 0.6 is 23.5 Å². The molecule has 2 aromatic heterocycles. The zero-order valence-electron chi connectivity index (χ0n) is 34.5. The lowest BCUT2D eigenvalue weighted by molar-refractivity contribution is -0.144. The highest BCUT2D eigenvalue weighted by Gasteiger charge is 2.37. The van der Waals surface area contributed by atoms with E-state index >= 15 is 0 Å². The highest BCUT2D eigenvalue weighted by molar-refractivity contribution is 7.99. The van der Waals surface area contributed by atoms with Crippen LogP contribution in [0.2, 0.25) is 0 Å². The van der Waals surface area contributed by atoms with Crippen molar-refractivity contribution in [1.29, 1.82) is 0 Å². The number of thioether (sulfide) groups is 2. The average Bonchev–Trinajstić information content (AvgIpc) is 3.90. The van der Waals surface area contributed by atoms with Crippen LogP contribution in [0.5, 0.6) is 0 Å². The number of unbranched alkanes of at least 4 members (excludes halogenated alkanes) is 8. The zero-order valence-corrected chi connectivity index (χ0v) is 36.2. The number of aliphatic hydroxyl groups is 2. The van der Waals surface area contributed by atoms with Crippen LogP contribution in [0.1, 0.15) is 112 Å². The van der Waals surface area contributed by atoms with Gasteiger partial charge >= 0.3 is 11.9 Å². The maximum atomic E-state index is 14.1. The number of carboxylic acid groups (broad SMARTS) is 1. The van der Waals surface area contributed by atoms with Gasteiger partial charge in [-0.2, -0.15) is 0 Å². The monoisotopic (exact) mass is 888 g/mol. The third kappa shape index (κ3) is 10.5. The number of hydrogen-bond acceptors (Lipinski definition) is 9. The number of aliphatic carboxylic acids is 1. The van der Waals surface area contributed by atoms with E-state index in [1.54, 1.807) is 0 Å². The smallest absolute Gasteiger partial charge is 0.329 e. The molecule has 0 spiro atoms. The molecular weight excluding hydrogens is 837 g/mol. The first-order chi connectivity index (χ1) is 29.3. The van der Waals surface area contributed by atoms with Crippen LogP contribution in [0.25, 0.3) is 22.3 Å². The van der Waals surface area contributed by atoms with Crippen molar-refractivity contribution in [3.05, 3.63) is 103 Å². The number of esters is 1. The molecule has 6 rings (SSSR count). The van der Waals surface area contributed by atoms with Crippen molar-refractivity contribution in [3.63, 3.8) is 0 Å². The Balaban J connectivity index is 0.000000231. The fourth-order valence-electron chi connectivity index (χ4n) is 7.93. The molecule has 4 heterocycles. The van der Waals surface area contributed by atoms with E-state index < -0.39 is 71.6 Å². The first kappa shape index (κ1) is 47.7. The molecule has 0 bridgehead atoms. The van der Waals surface area contributed by atoms with Crippen LogP contribution in [0.4, 0.5) is 17.6 Å². The first-order valence-electron chi connectivity index (χ1n) is 20.6. The lowest BCUT2D eigenvalue weighted by Crippen LogP contribution is -2.33. The standard InChI is InChI=1S/C23H27F2NO4S.C22H25F2NO4S/c1-3-4-5-6-7-8-15-16(12-27)21(28)26-19(23(29)30-2)13-31-22(26)20(15)14-9-10-17(24)18(25)11-14;1-2-3-4-5-6-7-14-15(11-26)20(27)25-18(22(28)29)12-30-21(25)19(14)13-8-9-16(23)17(24)10-13/h9-11,19,27H,3-8,12-13H2,1-2H3;8-10,18,26H,2-7,11-12H2,1H3,(H,28,29)/t19-;18-/m00/s1. The first-order valence-corrected chi connectivity index (χ1v) is 22.6. The molecule has 16 heteroatoms. The Labute approximate surface area is 360 Å². The molecule has 10 nitrogen and oxygen atoms in total. The van der Waals surface area contributed by atoms with Gasteiger partial charge in [-0.15, -0.1) is 23.5 Å². The van der Waals surface area contributed by atoms with Crippen molar-refractivity contribution in [1.82, 2.24) is 9.13 Å². The maximum absolute atomic E-state index is 14.1. The molecular formula is C45H52F4N2O8S2. The SMILES string of the molecule is CCCCCCCc1c(-c2ccc(F)c(F)c2)c2n(c(=O)c1CO)[C@H](C(=O)O)CS2.CCCCCCCc1c(-c2ccc(F)c(F)c2)c2n(c(=O)c1CO)[C@H](C(=O)OC)CS2. The van der Waals surface area contributed by atoms with Gasteiger partial charge in [-0.25, -0.2) is 27.2 Å². The third-order valence-electron chi connectivity index (χ3n) is 11.1. The minimum atomic E-state index is -1.14. The summed E-state index contributed by atoms with van der Waals surface area (Å²) in [5.41, 5.74) is 2.46. The molecule has 2 aliphatic rings. The molecule has 330 valence electrons. The van der Waals surface area contributed by atoms with E-state index in [0.717, 1.165) is 88.5 Å². The molecule has 0 unspecified atom stereocenters. The molecule has 2 aromatic carbocycles. The molecule has 3 N–H and O–H groups in total. The van der Waals surface area contributed by atoms with Crippen LogP contribution in [0.15, 0.2) is 56.0 Å². The van der Waals surface area contributed by atoms with Crippen molar-refractivity contribution in [3.8, 4) is 22.3 Å². The normalized spacial score (nSPS) is 15.3. The average molecular weight is 889 g/mol. The lowest BCUT2D eigenvalue weighted by Gasteiger charge is -2.20. The molecule has 0 fully saturated rings. The fraction of sp³-hybridized carbons (Fsp3) is 0.467. The minimum Gasteiger partial charge on any atom is -0.480 e. The highest BCUT2D eigenvalue weighted by Crippen LogP contribution is 2.44. The molecule has 0 amide bonds. The van der Waals surface area contributed by atoms with E-state index in [2.05, 4.69) is 13.8 Å². The molecule has 2 aliphatic heterocycles. The number of ether oxygens (including phenoxy) is 1. The predicted molar refractivity (Wildman–Crippen MR) is 228 cm³/mol. The number of rotatable bonds is 18. The van der Waals surface area contributed by atoms with Gasteiger partial charge in [0, 0.05) is 33.8 Å². The Morgan fingerprint density at radius 2 is 1.05 bits per heavy atom. The van der Waals surface area contributed by atoms with Crippen LogP contribution < -0.4 is 11.1 Å². The van der Waals surface area contributed by atoms with E-state index in [0.29, 0.717) is 62.0 Å². The largest absolute Gasteiger partial charge is 0.480 e. The summed E-state index contributed by atoms with van der Waals surface area (Å²) in [6.45, 7) is 3.19. The summed E-state index contributed by atoms with van der Waals surface area (Å²) in [5.74, 6) is -5.20. The summed E-state index contributed by atoms with van der Waals surface area (Å²) in [6, 6.07) is 5.23. The molecule has 0 aliphatic carbocycles. The summed E-state index contributed by atoms with van der Waals surface area (Å²) >= 11 is 2.53. The topological polar surface area (TPSA) is 148 Å². The van der Waals surface area contributed by atoms with E-state index in [9.17, 15) is 52.1 Å². The molecule has 0 radical (unpaired) electrons. The number of hydrogen-bond donors (Lipinski definition) is 3. The maximum Gasteiger partial charge on any atom is 0.329 e. The molecule has 61 heavy (non-hydrogen) atoms. The van der Waals surface area contributed by atoms with Gasteiger partial charge in [-0.05, 0) is 72.2 Å². The number of carbonyl (C=O) groups is 2. The van der Waals surface area contributed by atoms with Gasteiger partial charge in [-0.1, -0.05) is 77.3 Å². The summed E-state index contributed by atoms with van der Waals surface area (Å²) in [7, 11) is 1.25. The van der Waals surface area contributed by atoms with Crippen LogP contribution in [-0.2, 0) is 40.4 Å². The second kappa shape index (κ2) is 22.1. The van der Waals surface area contributed by atoms with Crippen molar-refractivity contribution in [2.24, 2.45) is 0 Å². The van der Waals surface area contributed by atoms with E-state index in [1.807, 2.05) is 0 Å². The number of pyridine rings is 2. The van der Waals surface area contributed by atoms with E-state index in [4.69, 9.17) is 4.74 Å². The van der Waals surface area contributed by atoms with Crippen molar-refractivity contribution < 1.29 is 47.2 Å². The number of aromatic nitrogens is 2. The number of aliphatic hydroxyl groups excluding tert-OH is 2. The highest BCUT2D eigenvalue weighted by atomic mass is 32.2. The van der Waals surface area contributed by atoms with Gasteiger partial charge in [0.05, 0.1) is 30.4 Å². The number of carboxylic acids is 1. The number of fused-ring (bicyclic) bond motifs is 2. The van der Waals surface area contributed by atoms with Crippen molar-refractivity contribution in [2.75, 3.05) is 18.6 Å². The van der Waals surface area contributed by atoms with Crippen molar-refractivity contribution >= 4 is 35.5 Å². The van der Waals surface area contributed by atoms with Crippen LogP contribution in [0, 0.1) is 23.3 Å². The Kier molecular flexibility index (Phi) is 17.3. The van der Waals surface area contributed by atoms with Gasteiger partial charge in [0.15, 0.2) is 23.3 Å². The lowest BCUT2D eigenvalue weighted by atomic mass is 9.93. The molecule has 2 atom stereocenters. The summed E-state index contributed by atoms with van der Waals surface area (Å²) in [6.07, 6.45) is 11.0. The number of carbonyl (C=O) groups excluding carboxylic acids is 1. The third-order valence-corrected chi connectivity index (χ3v) is 13.4. The predicted octanol–water partition coefficient (Wildman–Crippen LogP) is 9.15. The Morgan fingerprint density at radius 1 is 0.639 bits per heavy atom. The van der Waals surface area contributed by atoms with Crippen LogP contribution in [-0.4, -0.2) is 55.0 Å². The fourth-order valence-corrected chi connectivity index (χ4v) is 10.6. The second-order valence-electron chi connectivity index (χ2n) is 15.0. The molecule has 0 saturated heterocycles. The molecule has 0 saturated carbocycles. The Bertz CT molecular complexity index is 2350. The van der Waals surface area contributed by atoms with Gasteiger partial charge in [0.25, 0.3) is 11.1 Å². The van der Waals surface area contributed by atoms with Gasteiger partial charge < -0.3 is 20.1 Å². The number of halogens is 4. The number of benzene rings is 2. The molecule has 4 aromatic rings. The van der Waals surface area contributed by atoms with E-state index in [-0.39, 0.29) is 16.9 Å². The quantitative estimate of drug-likeness (QED) is 0.0502. The summed E-state index contributed by atoms with van der Waals surface area (Å²) < 4.78 is 62.6. The van der Waals surface area contributed by atoms with E-state index in [1.165, 1.54) is 51.9 Å². The van der Waals surface area contributed by atoms with Gasteiger partial charge in [-0.3, -0.25) is 18.7 Å². The van der Waals surface area contributed by atoms with Crippen LogP contribution in [0.3, 0.4) is 0 Å². The summed E-state index contributed by atoms with van der Waals surface area (Å²) in [5, 5.41) is 30.5. The Morgan fingerprint density at radius 3 is 1.43 bits per heavy atom. The second-order valence-corrected chi connectivity index (χ2v) is 17.1. The summed E-state index contributed by atoms with van der Waals surface area (Å²) in [4.78, 5) is 50.2. The van der Waals surface area contributed by atoms with Gasteiger partial charge in [0.2, 0.25) is 0 Å². The number of nitrogens with zero attached hydrogens (tertiary/aromatic N) is 2. The number of methoxy groups -OCH3 is 1. The Hall–Kier alpha value is -4.38. The minimum absolute atomic E-state index is 0.128.